The highest BCUT2D eigenvalue weighted by Gasteiger charge is 2.14. The molecule has 1 aromatic carbocycles. The fourth-order valence-electron chi connectivity index (χ4n) is 2.46. The number of hydrogen-bond donors (Lipinski definition) is 2. The van der Waals surface area contributed by atoms with Gasteiger partial charge in [-0.3, -0.25) is 0 Å². The lowest BCUT2D eigenvalue weighted by Crippen LogP contribution is -2.23. The number of benzene rings is 1. The second kappa shape index (κ2) is 6.76. The topological polar surface area (TPSA) is 35.5 Å². The average Bonchev–Trinajstić information content (AvgIpc) is 2.88. The first-order valence-corrected chi connectivity index (χ1v) is 6.99. The molecule has 1 aliphatic rings. The van der Waals surface area contributed by atoms with E-state index in [1.54, 1.807) is 0 Å². The van der Waals surface area contributed by atoms with Crippen LogP contribution in [0.4, 0.5) is 5.69 Å². The standard InChI is InChI=1S/C15H24N2O/c1-13(18)8-9-16-12-14-6-2-3-7-15(14)17-10-4-5-11-17/h2-3,6-7,13,16,18H,4-5,8-12H2,1H3. The van der Waals surface area contributed by atoms with E-state index in [-0.39, 0.29) is 6.10 Å². The largest absolute Gasteiger partial charge is 0.393 e. The summed E-state index contributed by atoms with van der Waals surface area (Å²) < 4.78 is 0. The van der Waals surface area contributed by atoms with Gasteiger partial charge in [0.25, 0.3) is 0 Å². The summed E-state index contributed by atoms with van der Waals surface area (Å²) in [6.45, 7) is 5.96. The monoisotopic (exact) mass is 248 g/mol. The van der Waals surface area contributed by atoms with Gasteiger partial charge in [0.15, 0.2) is 0 Å². The van der Waals surface area contributed by atoms with Crippen LogP contribution in [0.2, 0.25) is 0 Å². The van der Waals surface area contributed by atoms with Crippen LogP contribution in [0.5, 0.6) is 0 Å². The highest BCUT2D eigenvalue weighted by molar-refractivity contribution is 5.54. The molecule has 0 aromatic heterocycles. The first kappa shape index (κ1) is 13.4. The number of nitrogens with one attached hydrogen (secondary N) is 1. The normalized spacial score (nSPS) is 17.1. The Morgan fingerprint density at radius 2 is 2.00 bits per heavy atom. The third-order valence-corrected chi connectivity index (χ3v) is 3.49. The Labute approximate surface area is 110 Å². The lowest BCUT2D eigenvalue weighted by molar-refractivity contribution is 0.183. The van der Waals surface area contributed by atoms with Crippen molar-refractivity contribution < 1.29 is 5.11 Å². The van der Waals surface area contributed by atoms with E-state index in [2.05, 4.69) is 34.5 Å². The molecule has 0 bridgehead atoms. The maximum absolute atomic E-state index is 9.23. The van der Waals surface area contributed by atoms with Gasteiger partial charge < -0.3 is 15.3 Å². The van der Waals surface area contributed by atoms with Gasteiger partial charge in [0.05, 0.1) is 6.10 Å². The molecule has 0 spiro atoms. The van der Waals surface area contributed by atoms with Gasteiger partial charge in [-0.05, 0) is 44.4 Å². The lowest BCUT2D eigenvalue weighted by Gasteiger charge is -2.21. The van der Waals surface area contributed by atoms with Gasteiger partial charge in [0, 0.05) is 25.3 Å². The van der Waals surface area contributed by atoms with E-state index in [1.165, 1.54) is 37.2 Å². The molecule has 0 aliphatic carbocycles. The van der Waals surface area contributed by atoms with E-state index in [0.29, 0.717) is 0 Å². The van der Waals surface area contributed by atoms with Crippen molar-refractivity contribution >= 4 is 5.69 Å². The van der Waals surface area contributed by atoms with Gasteiger partial charge in [-0.1, -0.05) is 18.2 Å². The minimum Gasteiger partial charge on any atom is -0.393 e. The number of anilines is 1. The molecule has 1 heterocycles. The highest BCUT2D eigenvalue weighted by atomic mass is 16.3. The van der Waals surface area contributed by atoms with E-state index < -0.39 is 0 Å². The van der Waals surface area contributed by atoms with Crippen molar-refractivity contribution in [2.75, 3.05) is 24.5 Å². The zero-order valence-electron chi connectivity index (χ0n) is 11.2. The van der Waals surface area contributed by atoms with Crippen molar-refractivity contribution in [2.45, 2.75) is 38.8 Å². The Hall–Kier alpha value is -1.06. The Kier molecular flexibility index (Phi) is 5.02. The predicted molar refractivity (Wildman–Crippen MR) is 75.9 cm³/mol. The summed E-state index contributed by atoms with van der Waals surface area (Å²) in [5.41, 5.74) is 2.74. The Morgan fingerprint density at radius 3 is 2.72 bits per heavy atom. The molecule has 1 saturated heterocycles. The molecule has 1 atom stereocenters. The molecule has 18 heavy (non-hydrogen) atoms. The highest BCUT2D eigenvalue weighted by Crippen LogP contribution is 2.24. The molecule has 1 fully saturated rings. The maximum atomic E-state index is 9.23. The molecule has 0 amide bonds. The van der Waals surface area contributed by atoms with Crippen LogP contribution < -0.4 is 10.2 Å². The number of hydrogen-bond acceptors (Lipinski definition) is 3. The van der Waals surface area contributed by atoms with Crippen molar-refractivity contribution in [3.8, 4) is 0 Å². The van der Waals surface area contributed by atoms with Gasteiger partial charge in [-0.2, -0.15) is 0 Å². The summed E-state index contributed by atoms with van der Waals surface area (Å²) in [4.78, 5) is 2.48. The molecule has 1 aliphatic heterocycles. The first-order valence-electron chi connectivity index (χ1n) is 6.99. The second-order valence-corrected chi connectivity index (χ2v) is 5.14. The molecule has 1 aromatic rings. The van der Waals surface area contributed by atoms with Crippen LogP contribution in [-0.2, 0) is 6.54 Å². The second-order valence-electron chi connectivity index (χ2n) is 5.14. The molecular formula is C15H24N2O. The molecule has 3 nitrogen and oxygen atoms in total. The minimum atomic E-state index is -0.216. The fraction of sp³-hybridized carbons (Fsp3) is 0.600. The van der Waals surface area contributed by atoms with Crippen LogP contribution >= 0.6 is 0 Å². The third-order valence-electron chi connectivity index (χ3n) is 3.49. The number of rotatable bonds is 6. The number of para-hydroxylation sites is 1. The smallest absolute Gasteiger partial charge is 0.0524 e. The van der Waals surface area contributed by atoms with Crippen molar-refractivity contribution in [3.63, 3.8) is 0 Å². The number of aliphatic hydroxyl groups is 1. The Bertz CT molecular complexity index is 359. The molecule has 2 N–H and O–H groups in total. The summed E-state index contributed by atoms with van der Waals surface area (Å²) in [5.74, 6) is 0. The molecule has 3 heteroatoms. The van der Waals surface area contributed by atoms with Gasteiger partial charge >= 0.3 is 0 Å². The predicted octanol–water partition coefficient (Wildman–Crippen LogP) is 2.15. The van der Waals surface area contributed by atoms with Gasteiger partial charge in [-0.25, -0.2) is 0 Å². The van der Waals surface area contributed by atoms with Crippen LogP contribution in [0.25, 0.3) is 0 Å². The van der Waals surface area contributed by atoms with Crippen molar-refractivity contribution in [2.24, 2.45) is 0 Å². The number of nitrogens with zero attached hydrogens (tertiary/aromatic N) is 1. The van der Waals surface area contributed by atoms with Crippen LogP contribution in [0.15, 0.2) is 24.3 Å². The number of aliphatic hydroxyl groups excluding tert-OH is 1. The quantitative estimate of drug-likeness (QED) is 0.757. The van der Waals surface area contributed by atoms with Gasteiger partial charge in [0.1, 0.15) is 0 Å². The summed E-state index contributed by atoms with van der Waals surface area (Å²) in [6, 6.07) is 8.64. The van der Waals surface area contributed by atoms with E-state index in [4.69, 9.17) is 0 Å². The van der Waals surface area contributed by atoms with Crippen LogP contribution in [0, 0.1) is 0 Å². The third kappa shape index (κ3) is 3.72. The van der Waals surface area contributed by atoms with Crippen LogP contribution in [0.3, 0.4) is 0 Å². The van der Waals surface area contributed by atoms with Crippen LogP contribution in [0.1, 0.15) is 31.7 Å². The zero-order chi connectivity index (χ0) is 12.8. The van der Waals surface area contributed by atoms with Crippen molar-refractivity contribution in [1.82, 2.24) is 5.32 Å². The summed E-state index contributed by atoms with van der Waals surface area (Å²) in [5, 5.41) is 12.6. The Morgan fingerprint density at radius 1 is 1.28 bits per heavy atom. The summed E-state index contributed by atoms with van der Waals surface area (Å²) >= 11 is 0. The van der Waals surface area contributed by atoms with E-state index in [1.807, 2.05) is 6.92 Å². The fourth-order valence-corrected chi connectivity index (χ4v) is 2.46. The van der Waals surface area contributed by atoms with E-state index >= 15 is 0 Å². The SMILES string of the molecule is CC(O)CCNCc1ccccc1N1CCCC1. The molecule has 0 saturated carbocycles. The van der Waals surface area contributed by atoms with E-state index in [9.17, 15) is 5.11 Å². The lowest BCUT2D eigenvalue weighted by atomic mass is 10.1. The van der Waals surface area contributed by atoms with Crippen molar-refractivity contribution in [1.29, 1.82) is 0 Å². The first-order chi connectivity index (χ1) is 8.77. The van der Waals surface area contributed by atoms with E-state index in [0.717, 1.165) is 19.5 Å². The minimum absolute atomic E-state index is 0.216. The molecule has 2 rings (SSSR count). The summed E-state index contributed by atoms with van der Waals surface area (Å²) in [7, 11) is 0. The average molecular weight is 248 g/mol. The zero-order valence-corrected chi connectivity index (χ0v) is 11.2. The van der Waals surface area contributed by atoms with Crippen LogP contribution in [-0.4, -0.2) is 30.8 Å². The maximum Gasteiger partial charge on any atom is 0.0524 e. The molecular weight excluding hydrogens is 224 g/mol. The van der Waals surface area contributed by atoms with Gasteiger partial charge in [-0.15, -0.1) is 0 Å². The molecule has 100 valence electrons. The van der Waals surface area contributed by atoms with Gasteiger partial charge in [0.2, 0.25) is 0 Å². The summed E-state index contributed by atoms with van der Waals surface area (Å²) in [6.07, 6.45) is 3.21. The van der Waals surface area contributed by atoms with Crippen molar-refractivity contribution in [3.05, 3.63) is 29.8 Å². The Balaban J connectivity index is 1.90. The molecule has 0 radical (unpaired) electrons. The molecule has 1 unspecified atom stereocenters.